The highest BCUT2D eigenvalue weighted by molar-refractivity contribution is 4.67. The van der Waals surface area contributed by atoms with Gasteiger partial charge in [0.2, 0.25) is 0 Å². The Morgan fingerprint density at radius 2 is 1.71 bits per heavy atom. The molecule has 86 valence electrons. The Labute approximate surface area is 86.9 Å². The standard InChI is InChI=1S/C10H24N2O2/c1-8(2)10(14)6-11-5-9(13)7-12(3)4/h8-11,13-14H,5-7H2,1-4H3. The van der Waals surface area contributed by atoms with Crippen LogP contribution in [-0.4, -0.2) is 61.1 Å². The predicted octanol–water partition coefficient (Wildman–Crippen LogP) is -0.485. The third kappa shape index (κ3) is 7.26. The van der Waals surface area contributed by atoms with Crippen LogP contribution in [0.1, 0.15) is 13.8 Å². The van der Waals surface area contributed by atoms with Crippen LogP contribution in [-0.2, 0) is 0 Å². The fourth-order valence-corrected chi connectivity index (χ4v) is 1.12. The highest BCUT2D eigenvalue weighted by atomic mass is 16.3. The third-order valence-electron chi connectivity index (χ3n) is 2.08. The predicted molar refractivity (Wildman–Crippen MR) is 58.3 cm³/mol. The molecule has 0 aromatic heterocycles. The summed E-state index contributed by atoms with van der Waals surface area (Å²) in [5, 5.41) is 22.0. The molecule has 4 nitrogen and oxygen atoms in total. The molecule has 0 spiro atoms. The van der Waals surface area contributed by atoms with Crippen molar-refractivity contribution in [2.45, 2.75) is 26.1 Å². The molecule has 2 unspecified atom stereocenters. The normalized spacial score (nSPS) is 16.3. The number of nitrogens with one attached hydrogen (secondary N) is 1. The lowest BCUT2D eigenvalue weighted by Gasteiger charge is -2.19. The molecular weight excluding hydrogens is 180 g/mol. The highest BCUT2D eigenvalue weighted by Crippen LogP contribution is 1.98. The second kappa shape index (κ2) is 7.17. The number of hydrogen-bond acceptors (Lipinski definition) is 4. The highest BCUT2D eigenvalue weighted by Gasteiger charge is 2.10. The van der Waals surface area contributed by atoms with Gasteiger partial charge in [0.15, 0.2) is 0 Å². The van der Waals surface area contributed by atoms with Gasteiger partial charge in [0.05, 0.1) is 12.2 Å². The molecule has 3 N–H and O–H groups in total. The van der Waals surface area contributed by atoms with Crippen molar-refractivity contribution < 1.29 is 10.2 Å². The number of likely N-dealkylation sites (N-methyl/N-ethyl adjacent to an activating group) is 1. The van der Waals surface area contributed by atoms with Crippen molar-refractivity contribution in [3.63, 3.8) is 0 Å². The Morgan fingerprint density at radius 3 is 2.14 bits per heavy atom. The van der Waals surface area contributed by atoms with Crippen molar-refractivity contribution >= 4 is 0 Å². The summed E-state index contributed by atoms with van der Waals surface area (Å²) in [6.07, 6.45) is -0.703. The minimum Gasteiger partial charge on any atom is -0.392 e. The summed E-state index contributed by atoms with van der Waals surface area (Å²) in [5.41, 5.74) is 0. The SMILES string of the molecule is CC(C)C(O)CNCC(O)CN(C)C. The number of aliphatic hydroxyl groups excluding tert-OH is 2. The van der Waals surface area contributed by atoms with E-state index in [1.807, 2.05) is 32.8 Å². The van der Waals surface area contributed by atoms with E-state index in [1.54, 1.807) is 0 Å². The third-order valence-corrected chi connectivity index (χ3v) is 2.08. The van der Waals surface area contributed by atoms with E-state index in [0.29, 0.717) is 19.6 Å². The Balaban J connectivity index is 3.44. The molecule has 0 rings (SSSR count). The van der Waals surface area contributed by atoms with Crippen molar-refractivity contribution in [3.8, 4) is 0 Å². The zero-order valence-electron chi connectivity index (χ0n) is 9.70. The van der Waals surface area contributed by atoms with Crippen molar-refractivity contribution in [1.29, 1.82) is 0 Å². The van der Waals surface area contributed by atoms with Gasteiger partial charge in [-0.1, -0.05) is 13.8 Å². The Kier molecular flexibility index (Phi) is 7.09. The number of nitrogens with zero attached hydrogens (tertiary/aromatic N) is 1. The van der Waals surface area contributed by atoms with Gasteiger partial charge in [-0.15, -0.1) is 0 Å². The lowest BCUT2D eigenvalue weighted by Crippen LogP contribution is -2.39. The maximum absolute atomic E-state index is 9.49. The van der Waals surface area contributed by atoms with Crippen molar-refractivity contribution in [2.24, 2.45) is 5.92 Å². The largest absolute Gasteiger partial charge is 0.392 e. The summed E-state index contributed by atoms with van der Waals surface area (Å²) >= 11 is 0. The molecule has 0 aliphatic heterocycles. The molecule has 0 saturated heterocycles. The Bertz CT molecular complexity index is 140. The van der Waals surface area contributed by atoms with Crippen molar-refractivity contribution in [2.75, 3.05) is 33.7 Å². The van der Waals surface area contributed by atoms with Gasteiger partial charge in [-0.3, -0.25) is 0 Å². The molecule has 0 bridgehead atoms. The molecule has 14 heavy (non-hydrogen) atoms. The van der Waals surface area contributed by atoms with Gasteiger partial charge in [-0.05, 0) is 20.0 Å². The van der Waals surface area contributed by atoms with E-state index in [0.717, 1.165) is 0 Å². The first-order chi connectivity index (χ1) is 6.43. The first kappa shape index (κ1) is 13.8. The second-order valence-electron chi connectivity index (χ2n) is 4.39. The van der Waals surface area contributed by atoms with E-state index in [4.69, 9.17) is 0 Å². The van der Waals surface area contributed by atoms with Crippen LogP contribution in [0.4, 0.5) is 0 Å². The zero-order chi connectivity index (χ0) is 11.1. The average Bonchev–Trinajstić information content (AvgIpc) is 2.02. The van der Waals surface area contributed by atoms with Crippen LogP contribution in [0.25, 0.3) is 0 Å². The molecule has 4 heteroatoms. The Hall–Kier alpha value is -0.160. The first-order valence-electron chi connectivity index (χ1n) is 5.15. The van der Waals surface area contributed by atoms with Crippen LogP contribution in [0.2, 0.25) is 0 Å². The van der Waals surface area contributed by atoms with Crippen LogP contribution < -0.4 is 5.32 Å². The van der Waals surface area contributed by atoms with Crippen LogP contribution in [0, 0.1) is 5.92 Å². The van der Waals surface area contributed by atoms with Gasteiger partial charge in [0, 0.05) is 19.6 Å². The van der Waals surface area contributed by atoms with Gasteiger partial charge < -0.3 is 20.4 Å². The topological polar surface area (TPSA) is 55.7 Å². The second-order valence-corrected chi connectivity index (χ2v) is 4.39. The van der Waals surface area contributed by atoms with Crippen LogP contribution in [0.15, 0.2) is 0 Å². The fourth-order valence-electron chi connectivity index (χ4n) is 1.12. The molecule has 0 saturated carbocycles. The molecule has 0 aromatic carbocycles. The Morgan fingerprint density at radius 1 is 1.14 bits per heavy atom. The minimum atomic E-state index is -0.371. The van der Waals surface area contributed by atoms with E-state index < -0.39 is 0 Å². The van der Waals surface area contributed by atoms with Gasteiger partial charge >= 0.3 is 0 Å². The van der Waals surface area contributed by atoms with Gasteiger partial charge in [-0.25, -0.2) is 0 Å². The molecule has 0 aliphatic carbocycles. The summed E-state index contributed by atoms with van der Waals surface area (Å²) in [5.74, 6) is 0.258. The van der Waals surface area contributed by atoms with Crippen LogP contribution in [0.3, 0.4) is 0 Å². The molecule has 2 atom stereocenters. The van der Waals surface area contributed by atoms with E-state index in [9.17, 15) is 10.2 Å². The quantitative estimate of drug-likeness (QED) is 0.524. The molecule has 0 aliphatic rings. The average molecular weight is 204 g/mol. The van der Waals surface area contributed by atoms with Crippen molar-refractivity contribution in [1.82, 2.24) is 10.2 Å². The molecule has 0 aromatic rings. The lowest BCUT2D eigenvalue weighted by atomic mass is 10.1. The number of rotatable bonds is 7. The summed E-state index contributed by atoms with van der Waals surface area (Å²) < 4.78 is 0. The summed E-state index contributed by atoms with van der Waals surface area (Å²) in [6, 6.07) is 0. The smallest absolute Gasteiger partial charge is 0.0791 e. The fraction of sp³-hybridized carbons (Fsp3) is 1.00. The molecule has 0 radical (unpaired) electrons. The van der Waals surface area contributed by atoms with E-state index in [1.165, 1.54) is 0 Å². The maximum Gasteiger partial charge on any atom is 0.0791 e. The van der Waals surface area contributed by atoms with Crippen LogP contribution >= 0.6 is 0 Å². The van der Waals surface area contributed by atoms with Gasteiger partial charge in [0.1, 0.15) is 0 Å². The number of hydrogen-bond donors (Lipinski definition) is 3. The molecule has 0 heterocycles. The summed E-state index contributed by atoms with van der Waals surface area (Å²) in [6.45, 7) is 5.67. The first-order valence-corrected chi connectivity index (χ1v) is 5.15. The maximum atomic E-state index is 9.49. The minimum absolute atomic E-state index is 0.258. The summed E-state index contributed by atoms with van der Waals surface area (Å²) in [4.78, 5) is 1.94. The van der Waals surface area contributed by atoms with Crippen molar-refractivity contribution in [3.05, 3.63) is 0 Å². The van der Waals surface area contributed by atoms with E-state index in [-0.39, 0.29) is 18.1 Å². The van der Waals surface area contributed by atoms with Gasteiger partial charge in [0.25, 0.3) is 0 Å². The molecule has 0 fully saturated rings. The number of aliphatic hydroxyl groups is 2. The molecular formula is C10H24N2O2. The van der Waals surface area contributed by atoms with E-state index in [2.05, 4.69) is 5.32 Å². The lowest BCUT2D eigenvalue weighted by molar-refractivity contribution is 0.105. The van der Waals surface area contributed by atoms with Crippen LogP contribution in [0.5, 0.6) is 0 Å². The van der Waals surface area contributed by atoms with E-state index >= 15 is 0 Å². The van der Waals surface area contributed by atoms with Gasteiger partial charge in [-0.2, -0.15) is 0 Å². The zero-order valence-corrected chi connectivity index (χ0v) is 9.70. The monoisotopic (exact) mass is 204 g/mol. The summed E-state index contributed by atoms with van der Waals surface area (Å²) in [7, 11) is 3.85. The molecule has 0 amide bonds.